The number of amides is 2. The van der Waals surface area contributed by atoms with Crippen LogP contribution in [0.2, 0.25) is 0 Å². The number of carbonyl (C=O) groups excluding carboxylic acids is 4. The van der Waals surface area contributed by atoms with E-state index < -0.39 is 17.8 Å². The van der Waals surface area contributed by atoms with Crippen molar-refractivity contribution in [3.8, 4) is 0 Å². The Morgan fingerprint density at radius 2 is 1.46 bits per heavy atom. The van der Waals surface area contributed by atoms with Gasteiger partial charge in [-0.2, -0.15) is 0 Å². The topological polar surface area (TPSA) is 80.8 Å². The third-order valence-electron chi connectivity index (χ3n) is 3.56. The van der Waals surface area contributed by atoms with Crippen molar-refractivity contribution in [3.05, 3.63) is 65.2 Å². The van der Waals surface area contributed by atoms with Crippen molar-refractivity contribution >= 4 is 29.3 Å². The molecule has 1 aliphatic rings. The first-order chi connectivity index (χ1) is 11.5. The summed E-state index contributed by atoms with van der Waals surface area (Å²) in [7, 11) is 0. The zero-order valence-corrected chi connectivity index (χ0v) is 12.8. The van der Waals surface area contributed by atoms with E-state index in [1.165, 1.54) is 31.2 Å². The monoisotopic (exact) mass is 323 g/mol. The number of nitrogens with zero attached hydrogens (tertiary/aromatic N) is 1. The molecular formula is C18H13NO5. The van der Waals surface area contributed by atoms with E-state index in [9.17, 15) is 19.2 Å². The second-order valence-electron chi connectivity index (χ2n) is 5.32. The summed E-state index contributed by atoms with van der Waals surface area (Å²) in [5.41, 5.74) is 1.31. The molecule has 120 valence electrons. The van der Waals surface area contributed by atoms with Crippen LogP contribution in [0.3, 0.4) is 0 Å². The van der Waals surface area contributed by atoms with Crippen LogP contribution in [-0.4, -0.2) is 30.2 Å². The summed E-state index contributed by atoms with van der Waals surface area (Å²) >= 11 is 0. The molecule has 0 bridgehead atoms. The van der Waals surface area contributed by atoms with Crippen LogP contribution in [0, 0.1) is 0 Å². The van der Waals surface area contributed by atoms with Gasteiger partial charge in [-0.15, -0.1) is 0 Å². The normalized spacial score (nSPS) is 13.0. The fourth-order valence-electron chi connectivity index (χ4n) is 2.42. The summed E-state index contributed by atoms with van der Waals surface area (Å²) in [4.78, 5) is 48.4. The molecule has 1 heterocycles. The van der Waals surface area contributed by atoms with E-state index in [0.29, 0.717) is 16.8 Å². The lowest BCUT2D eigenvalue weighted by molar-refractivity contribution is -0.120. The molecule has 1 aliphatic heterocycles. The number of hydrogen-bond acceptors (Lipinski definition) is 5. The van der Waals surface area contributed by atoms with Crippen molar-refractivity contribution in [1.29, 1.82) is 0 Å². The fraction of sp³-hybridized carbons (Fsp3) is 0.111. The molecule has 2 aromatic rings. The van der Waals surface area contributed by atoms with E-state index in [1.54, 1.807) is 24.3 Å². The molecule has 0 fully saturated rings. The highest BCUT2D eigenvalue weighted by molar-refractivity contribution is 6.34. The maximum absolute atomic E-state index is 12.4. The minimum absolute atomic E-state index is 0.233. The Balaban J connectivity index is 1.82. The number of esters is 1. The van der Waals surface area contributed by atoms with Crippen LogP contribution in [0.25, 0.3) is 0 Å². The number of rotatable bonds is 4. The van der Waals surface area contributed by atoms with Gasteiger partial charge in [0, 0.05) is 0 Å². The Morgan fingerprint density at radius 1 is 0.917 bits per heavy atom. The quantitative estimate of drug-likeness (QED) is 0.636. The van der Waals surface area contributed by atoms with E-state index in [-0.39, 0.29) is 18.0 Å². The summed E-state index contributed by atoms with van der Waals surface area (Å²) in [6.45, 7) is 1.03. The highest BCUT2D eigenvalue weighted by Gasteiger charge is 2.36. The van der Waals surface area contributed by atoms with Crippen molar-refractivity contribution < 1.29 is 23.9 Å². The van der Waals surface area contributed by atoms with E-state index in [4.69, 9.17) is 4.74 Å². The van der Waals surface area contributed by atoms with E-state index in [2.05, 4.69) is 0 Å². The molecule has 0 radical (unpaired) electrons. The van der Waals surface area contributed by atoms with Gasteiger partial charge in [0.05, 0.1) is 22.4 Å². The summed E-state index contributed by atoms with van der Waals surface area (Å²) in [5, 5.41) is 0. The first kappa shape index (κ1) is 15.6. The predicted molar refractivity (Wildman–Crippen MR) is 85.0 cm³/mol. The van der Waals surface area contributed by atoms with Crippen molar-refractivity contribution in [3.63, 3.8) is 0 Å². The first-order valence-electron chi connectivity index (χ1n) is 7.23. The molecule has 3 rings (SSSR count). The van der Waals surface area contributed by atoms with Gasteiger partial charge in [0.25, 0.3) is 11.8 Å². The SMILES string of the molecule is CC(=O)COC(=O)c1ccc(N2C(=O)c3ccccc3C2=O)cc1. The van der Waals surface area contributed by atoms with Gasteiger partial charge in [-0.05, 0) is 43.3 Å². The Labute approximate surface area is 137 Å². The van der Waals surface area contributed by atoms with E-state index in [0.717, 1.165) is 4.90 Å². The largest absolute Gasteiger partial charge is 0.454 e. The number of Topliss-reactive ketones (excluding diaryl/α,β-unsaturated/α-hetero) is 1. The van der Waals surface area contributed by atoms with E-state index >= 15 is 0 Å². The molecule has 0 aromatic heterocycles. The summed E-state index contributed by atoms with van der Waals surface area (Å²) in [6.07, 6.45) is 0. The van der Waals surface area contributed by atoms with Gasteiger partial charge in [-0.25, -0.2) is 9.69 Å². The number of ether oxygens (including phenoxy) is 1. The summed E-state index contributed by atoms with van der Waals surface area (Å²) < 4.78 is 4.81. The van der Waals surface area contributed by atoms with Crippen LogP contribution in [0.5, 0.6) is 0 Å². The summed E-state index contributed by atoms with van der Waals surface area (Å²) in [5.74, 6) is -1.70. The predicted octanol–water partition coefficient (Wildman–Crippen LogP) is 2.23. The molecule has 2 amide bonds. The van der Waals surface area contributed by atoms with Gasteiger partial charge in [0.2, 0.25) is 0 Å². The molecule has 0 N–H and O–H groups in total. The second kappa shape index (κ2) is 6.08. The van der Waals surface area contributed by atoms with Crippen LogP contribution in [-0.2, 0) is 9.53 Å². The zero-order valence-electron chi connectivity index (χ0n) is 12.8. The standard InChI is InChI=1S/C18H13NO5/c1-11(20)10-24-18(23)12-6-8-13(9-7-12)19-16(21)14-4-2-3-5-15(14)17(19)22/h2-9H,10H2,1H3. The van der Waals surface area contributed by atoms with Gasteiger partial charge >= 0.3 is 5.97 Å². The fourth-order valence-corrected chi connectivity index (χ4v) is 2.42. The van der Waals surface area contributed by atoms with E-state index in [1.807, 2.05) is 0 Å². The van der Waals surface area contributed by atoms with Crippen molar-refractivity contribution in [2.24, 2.45) is 0 Å². The number of benzene rings is 2. The zero-order chi connectivity index (χ0) is 17.3. The van der Waals surface area contributed by atoms with Crippen molar-refractivity contribution in [2.75, 3.05) is 11.5 Å². The Bertz CT molecular complexity index is 819. The summed E-state index contributed by atoms with van der Waals surface area (Å²) in [6, 6.07) is 12.5. The van der Waals surface area contributed by atoms with Gasteiger partial charge in [-0.3, -0.25) is 14.4 Å². The van der Waals surface area contributed by atoms with Crippen molar-refractivity contribution in [2.45, 2.75) is 6.92 Å². The molecule has 24 heavy (non-hydrogen) atoms. The molecule has 0 unspecified atom stereocenters. The maximum atomic E-state index is 12.4. The number of hydrogen-bond donors (Lipinski definition) is 0. The first-order valence-corrected chi connectivity index (χ1v) is 7.23. The minimum atomic E-state index is -0.640. The molecule has 0 saturated carbocycles. The van der Waals surface area contributed by atoms with Crippen molar-refractivity contribution in [1.82, 2.24) is 0 Å². The lowest BCUT2D eigenvalue weighted by Crippen LogP contribution is -2.29. The Morgan fingerprint density at radius 3 is 1.96 bits per heavy atom. The average molecular weight is 323 g/mol. The maximum Gasteiger partial charge on any atom is 0.338 e. The number of ketones is 1. The Kier molecular flexibility index (Phi) is 3.95. The third kappa shape index (κ3) is 2.69. The number of fused-ring (bicyclic) bond motifs is 1. The number of anilines is 1. The molecule has 6 nitrogen and oxygen atoms in total. The van der Waals surface area contributed by atoms with Gasteiger partial charge in [0.1, 0.15) is 6.61 Å². The van der Waals surface area contributed by atoms with Crippen LogP contribution in [0.15, 0.2) is 48.5 Å². The van der Waals surface area contributed by atoms with Gasteiger partial charge in [-0.1, -0.05) is 12.1 Å². The molecule has 0 saturated heterocycles. The molecule has 0 aliphatic carbocycles. The minimum Gasteiger partial charge on any atom is -0.454 e. The average Bonchev–Trinajstić information content (AvgIpc) is 2.84. The number of imide groups is 1. The Hall–Kier alpha value is -3.28. The third-order valence-corrected chi connectivity index (χ3v) is 3.56. The number of carbonyl (C=O) groups is 4. The molecule has 0 spiro atoms. The lowest BCUT2D eigenvalue weighted by atomic mass is 10.1. The smallest absolute Gasteiger partial charge is 0.338 e. The van der Waals surface area contributed by atoms with Crippen LogP contribution >= 0.6 is 0 Å². The van der Waals surface area contributed by atoms with Crippen LogP contribution in [0.4, 0.5) is 5.69 Å². The molecular weight excluding hydrogens is 310 g/mol. The highest BCUT2D eigenvalue weighted by Crippen LogP contribution is 2.28. The van der Waals surface area contributed by atoms with Crippen LogP contribution in [0.1, 0.15) is 38.0 Å². The second-order valence-corrected chi connectivity index (χ2v) is 5.32. The lowest BCUT2D eigenvalue weighted by Gasteiger charge is -2.14. The van der Waals surface area contributed by atoms with Gasteiger partial charge in [0.15, 0.2) is 5.78 Å². The molecule has 6 heteroatoms. The van der Waals surface area contributed by atoms with Gasteiger partial charge < -0.3 is 4.74 Å². The molecule has 0 atom stereocenters. The highest BCUT2D eigenvalue weighted by atomic mass is 16.5. The van der Waals surface area contributed by atoms with Crippen LogP contribution < -0.4 is 4.90 Å². The molecule has 2 aromatic carbocycles.